The van der Waals surface area contributed by atoms with E-state index in [4.69, 9.17) is 9.47 Å². The van der Waals surface area contributed by atoms with Gasteiger partial charge in [-0.3, -0.25) is 9.59 Å². The van der Waals surface area contributed by atoms with Crippen molar-refractivity contribution in [3.63, 3.8) is 0 Å². The summed E-state index contributed by atoms with van der Waals surface area (Å²) >= 11 is 0. The van der Waals surface area contributed by atoms with E-state index in [0.29, 0.717) is 0 Å². The Hall–Kier alpha value is -3.08. The molecule has 0 spiro atoms. The monoisotopic (exact) mass is 349 g/mol. The number of esters is 2. The number of hydrogen-bond donors (Lipinski definition) is 1. The van der Waals surface area contributed by atoms with Gasteiger partial charge in [0.2, 0.25) is 0 Å². The van der Waals surface area contributed by atoms with Crippen molar-refractivity contribution in [2.24, 2.45) is 5.92 Å². The van der Waals surface area contributed by atoms with E-state index in [1.165, 1.54) is 0 Å². The average Bonchev–Trinajstić information content (AvgIpc) is 3.02. The van der Waals surface area contributed by atoms with Crippen molar-refractivity contribution in [1.82, 2.24) is 4.98 Å². The van der Waals surface area contributed by atoms with Crippen LogP contribution in [0.3, 0.4) is 0 Å². The van der Waals surface area contributed by atoms with Crippen molar-refractivity contribution >= 4 is 22.8 Å². The highest BCUT2D eigenvalue weighted by molar-refractivity contribution is 5.99. The molecule has 5 heteroatoms. The topological polar surface area (TPSA) is 68.4 Å². The Labute approximate surface area is 150 Å². The van der Waals surface area contributed by atoms with Crippen molar-refractivity contribution < 1.29 is 19.1 Å². The smallest absolute Gasteiger partial charge is 0.324 e. The molecule has 5 nitrogen and oxygen atoms in total. The predicted molar refractivity (Wildman–Crippen MR) is 96.3 cm³/mol. The second kappa shape index (κ2) is 6.02. The van der Waals surface area contributed by atoms with E-state index >= 15 is 0 Å². The Morgan fingerprint density at radius 2 is 1.54 bits per heavy atom. The van der Waals surface area contributed by atoms with Crippen LogP contribution in [0.25, 0.3) is 10.9 Å². The van der Waals surface area contributed by atoms with E-state index < -0.39 is 29.6 Å². The molecular formula is C21H19NO4. The van der Waals surface area contributed by atoms with Gasteiger partial charge in [0, 0.05) is 36.9 Å². The van der Waals surface area contributed by atoms with Gasteiger partial charge in [0.05, 0.1) is 0 Å². The summed E-state index contributed by atoms with van der Waals surface area (Å²) in [6.07, 6.45) is 1.85. The number of carbonyl (C=O) groups is 2. The van der Waals surface area contributed by atoms with E-state index in [1.807, 2.05) is 60.8 Å². The van der Waals surface area contributed by atoms with Gasteiger partial charge in [-0.2, -0.15) is 0 Å². The molecule has 26 heavy (non-hydrogen) atoms. The van der Waals surface area contributed by atoms with Crippen LogP contribution < -0.4 is 0 Å². The molecular weight excluding hydrogens is 330 g/mol. The van der Waals surface area contributed by atoms with Crippen molar-refractivity contribution in [2.45, 2.75) is 25.6 Å². The number of ether oxygens (including phenoxy) is 2. The first kappa shape index (κ1) is 16.4. The number of fused-ring (bicyclic) bond motifs is 1. The Morgan fingerprint density at radius 1 is 0.923 bits per heavy atom. The fraction of sp³-hybridized carbons (Fsp3) is 0.238. The highest BCUT2D eigenvalue weighted by Gasteiger charge is 2.48. The quantitative estimate of drug-likeness (QED) is 0.577. The van der Waals surface area contributed by atoms with Crippen LogP contribution >= 0.6 is 0 Å². The van der Waals surface area contributed by atoms with Crippen LogP contribution in [-0.4, -0.2) is 22.7 Å². The first-order valence-electron chi connectivity index (χ1n) is 8.53. The third-order valence-electron chi connectivity index (χ3n) is 4.65. The summed E-state index contributed by atoms with van der Waals surface area (Å²) in [6.45, 7) is 3.12. The summed E-state index contributed by atoms with van der Waals surface area (Å²) in [4.78, 5) is 28.7. The largest absolute Gasteiger partial charge is 0.422 e. The molecule has 1 N–H and O–H groups in total. The van der Waals surface area contributed by atoms with Crippen LogP contribution in [0.5, 0.6) is 0 Å². The minimum atomic E-state index is -1.24. The predicted octanol–water partition coefficient (Wildman–Crippen LogP) is 3.75. The zero-order valence-electron chi connectivity index (χ0n) is 14.6. The lowest BCUT2D eigenvalue weighted by molar-refractivity contribution is -0.240. The van der Waals surface area contributed by atoms with Crippen molar-refractivity contribution in [3.8, 4) is 0 Å². The molecule has 4 rings (SSSR count). The summed E-state index contributed by atoms with van der Waals surface area (Å²) < 4.78 is 10.8. The van der Waals surface area contributed by atoms with Crippen LogP contribution in [-0.2, 0) is 19.1 Å². The fourth-order valence-electron chi connectivity index (χ4n) is 3.56. The number of hydrogen-bond acceptors (Lipinski definition) is 4. The number of nitrogens with one attached hydrogen (secondary N) is 1. The lowest BCUT2D eigenvalue weighted by Crippen LogP contribution is -2.48. The number of rotatable bonds is 3. The maximum absolute atomic E-state index is 12.7. The average molecular weight is 349 g/mol. The molecule has 1 saturated heterocycles. The first-order valence-corrected chi connectivity index (χ1v) is 8.53. The Balaban J connectivity index is 1.88. The van der Waals surface area contributed by atoms with Gasteiger partial charge >= 0.3 is 11.9 Å². The molecule has 0 aliphatic carbocycles. The summed E-state index contributed by atoms with van der Waals surface area (Å²) in [5.41, 5.74) is 2.67. The zero-order valence-corrected chi connectivity index (χ0v) is 14.6. The number of aromatic amines is 1. The van der Waals surface area contributed by atoms with Gasteiger partial charge in [0.1, 0.15) is 0 Å². The normalized spacial score (nSPS) is 18.4. The summed E-state index contributed by atoms with van der Waals surface area (Å²) in [7, 11) is 0. The van der Waals surface area contributed by atoms with Crippen LogP contribution in [0.4, 0.5) is 0 Å². The maximum atomic E-state index is 12.7. The minimum absolute atomic E-state index is 0.497. The van der Waals surface area contributed by atoms with Crippen LogP contribution in [0, 0.1) is 5.92 Å². The molecule has 0 radical (unpaired) electrons. The van der Waals surface area contributed by atoms with Crippen LogP contribution in [0.1, 0.15) is 30.9 Å². The molecule has 1 aliphatic rings. The molecule has 1 aliphatic heterocycles. The molecule has 3 aromatic rings. The molecule has 0 unspecified atom stereocenters. The highest BCUT2D eigenvalue weighted by Crippen LogP contribution is 2.40. The van der Waals surface area contributed by atoms with Crippen LogP contribution in [0.15, 0.2) is 60.8 Å². The maximum Gasteiger partial charge on any atom is 0.324 e. The summed E-state index contributed by atoms with van der Waals surface area (Å²) in [5.74, 6) is -3.92. The van der Waals surface area contributed by atoms with E-state index in [-0.39, 0.29) is 0 Å². The van der Waals surface area contributed by atoms with Gasteiger partial charge in [0.25, 0.3) is 5.79 Å². The number of carbonyl (C=O) groups excluding carboxylic acids is 2. The van der Waals surface area contributed by atoms with E-state index in [9.17, 15) is 9.59 Å². The lowest BCUT2D eigenvalue weighted by atomic mass is 9.80. The molecule has 0 saturated carbocycles. The van der Waals surface area contributed by atoms with Gasteiger partial charge < -0.3 is 14.5 Å². The van der Waals surface area contributed by atoms with Crippen molar-refractivity contribution in [1.29, 1.82) is 0 Å². The first-order chi connectivity index (χ1) is 12.5. The van der Waals surface area contributed by atoms with Gasteiger partial charge in [-0.25, -0.2) is 0 Å². The number of cyclic esters (lactones) is 2. The lowest BCUT2D eigenvalue weighted by Gasteiger charge is -2.36. The van der Waals surface area contributed by atoms with Crippen molar-refractivity contribution in [3.05, 3.63) is 71.9 Å². The Bertz CT molecular complexity index is 954. The molecule has 2 heterocycles. The zero-order chi connectivity index (χ0) is 18.3. The molecule has 132 valence electrons. The molecule has 1 fully saturated rings. The van der Waals surface area contributed by atoms with Crippen LogP contribution in [0.2, 0.25) is 0 Å². The molecule has 0 amide bonds. The second-order valence-electron chi connectivity index (χ2n) is 6.90. The number of H-pyrrole nitrogens is 1. The Kier molecular flexibility index (Phi) is 3.80. The Morgan fingerprint density at radius 3 is 2.23 bits per heavy atom. The van der Waals surface area contributed by atoms with Gasteiger partial charge in [-0.1, -0.05) is 48.5 Å². The molecule has 2 aromatic carbocycles. The van der Waals surface area contributed by atoms with E-state index in [2.05, 4.69) is 4.98 Å². The summed E-state index contributed by atoms with van der Waals surface area (Å²) in [5, 5.41) is 0.965. The van der Waals surface area contributed by atoms with Gasteiger partial charge in [-0.15, -0.1) is 0 Å². The van der Waals surface area contributed by atoms with Gasteiger partial charge in [0.15, 0.2) is 5.92 Å². The summed E-state index contributed by atoms with van der Waals surface area (Å²) in [6, 6.07) is 17.3. The molecule has 1 atom stereocenters. The number of para-hydroxylation sites is 1. The van der Waals surface area contributed by atoms with E-state index in [1.54, 1.807) is 13.8 Å². The third-order valence-corrected chi connectivity index (χ3v) is 4.65. The van der Waals surface area contributed by atoms with Gasteiger partial charge in [-0.05, 0) is 17.2 Å². The molecule has 0 bridgehead atoms. The fourth-order valence-corrected chi connectivity index (χ4v) is 3.56. The standard InChI is InChI=1S/C21H19NO4/c1-21(2)25-19(23)18(20(24)26-21)17(13-8-4-3-5-9-13)15-12-22-16-11-7-6-10-14(15)16/h3-12,17-18,22H,1-2H3/t17-/m0/s1. The third kappa shape index (κ3) is 2.75. The number of aromatic nitrogens is 1. The molecule has 1 aromatic heterocycles. The second-order valence-corrected chi connectivity index (χ2v) is 6.90. The highest BCUT2D eigenvalue weighted by atomic mass is 16.7. The SMILES string of the molecule is CC1(C)OC(=O)C([C@@H](c2ccccc2)c2c[nH]c3ccccc23)C(=O)O1. The number of benzene rings is 2. The van der Waals surface area contributed by atoms with Crippen molar-refractivity contribution in [2.75, 3.05) is 0 Å². The minimum Gasteiger partial charge on any atom is -0.422 e. The van der Waals surface area contributed by atoms with E-state index in [0.717, 1.165) is 22.0 Å².